The Labute approximate surface area is 149 Å². The number of fused-ring (bicyclic) bond motifs is 5. The van der Waals surface area contributed by atoms with Gasteiger partial charge in [0.1, 0.15) is 17.3 Å². The fourth-order valence-corrected chi connectivity index (χ4v) is 5.58. The van der Waals surface area contributed by atoms with Crippen LogP contribution in [0.5, 0.6) is 0 Å². The molecule has 0 saturated carbocycles. The fraction of sp³-hybridized carbons (Fsp3) is 0.737. The number of carbonyl (C=O) groups excluding carboxylic acids is 1. The number of nitrogens with zero attached hydrogens (tertiary/aromatic N) is 4. The lowest BCUT2D eigenvalue weighted by Gasteiger charge is -2.53. The van der Waals surface area contributed by atoms with Gasteiger partial charge in [-0.3, -0.25) is 9.69 Å². The highest BCUT2D eigenvalue weighted by atomic mass is 16.1. The maximum absolute atomic E-state index is 12.2. The van der Waals surface area contributed by atoms with Crippen LogP contribution in [0.4, 0.5) is 5.82 Å². The van der Waals surface area contributed by atoms with Crippen LogP contribution in [0.25, 0.3) is 0 Å². The van der Waals surface area contributed by atoms with E-state index in [1.807, 2.05) is 6.92 Å². The molecule has 0 radical (unpaired) electrons. The Balaban J connectivity index is 1.48. The summed E-state index contributed by atoms with van der Waals surface area (Å²) in [6, 6.07) is 0.759. The van der Waals surface area contributed by atoms with E-state index < -0.39 is 0 Å². The number of rotatable bonds is 1. The standard InChI is InChI=1S/C19H27N5O/c1-12-21-17-15(5-6-20-19(17)25)18(22-12)24-10-13-8-14(11-24)16-4-2-3-7-23(16)9-13/h13-14,16H,2-11H2,1H3,(H,20,25)/t13-,14-,16+/m1/s1. The van der Waals surface area contributed by atoms with Crippen molar-refractivity contribution < 1.29 is 4.79 Å². The summed E-state index contributed by atoms with van der Waals surface area (Å²) >= 11 is 0. The van der Waals surface area contributed by atoms with Crippen molar-refractivity contribution in [2.24, 2.45) is 11.8 Å². The largest absolute Gasteiger partial charge is 0.356 e. The van der Waals surface area contributed by atoms with Crippen LogP contribution in [0.3, 0.4) is 0 Å². The van der Waals surface area contributed by atoms with E-state index in [4.69, 9.17) is 4.98 Å². The molecule has 25 heavy (non-hydrogen) atoms. The van der Waals surface area contributed by atoms with Crippen LogP contribution in [0, 0.1) is 18.8 Å². The number of piperidine rings is 3. The maximum atomic E-state index is 12.2. The Morgan fingerprint density at radius 1 is 1.16 bits per heavy atom. The number of aryl methyl sites for hydroxylation is 1. The molecule has 2 bridgehead atoms. The number of carbonyl (C=O) groups is 1. The van der Waals surface area contributed by atoms with E-state index in [1.165, 1.54) is 38.8 Å². The van der Waals surface area contributed by atoms with Crippen LogP contribution in [-0.4, -0.2) is 59.5 Å². The molecule has 4 aliphatic heterocycles. The average Bonchev–Trinajstić information content (AvgIpc) is 2.62. The first-order valence-electron chi connectivity index (χ1n) is 9.84. The molecule has 134 valence electrons. The van der Waals surface area contributed by atoms with Gasteiger partial charge < -0.3 is 10.2 Å². The summed E-state index contributed by atoms with van der Waals surface area (Å²) in [4.78, 5) is 26.7. The summed E-state index contributed by atoms with van der Waals surface area (Å²) in [5.41, 5.74) is 1.67. The molecule has 6 heteroatoms. The minimum absolute atomic E-state index is 0.0383. The Bertz CT molecular complexity index is 705. The van der Waals surface area contributed by atoms with Gasteiger partial charge in [-0.15, -0.1) is 0 Å². The molecule has 3 saturated heterocycles. The van der Waals surface area contributed by atoms with Crippen molar-refractivity contribution in [1.29, 1.82) is 0 Å². The molecule has 1 N–H and O–H groups in total. The molecule has 1 amide bonds. The minimum atomic E-state index is -0.0383. The molecule has 6 nitrogen and oxygen atoms in total. The third-order valence-electron chi connectivity index (χ3n) is 6.54. The fourth-order valence-electron chi connectivity index (χ4n) is 5.58. The Kier molecular flexibility index (Phi) is 3.69. The smallest absolute Gasteiger partial charge is 0.270 e. The summed E-state index contributed by atoms with van der Waals surface area (Å²) in [7, 11) is 0. The number of nitrogens with one attached hydrogen (secondary N) is 1. The first kappa shape index (κ1) is 15.6. The van der Waals surface area contributed by atoms with Gasteiger partial charge in [0.2, 0.25) is 0 Å². The zero-order valence-electron chi connectivity index (χ0n) is 15.0. The highest BCUT2D eigenvalue weighted by molar-refractivity contribution is 5.96. The summed E-state index contributed by atoms with van der Waals surface area (Å²) in [6.07, 6.45) is 6.31. The second-order valence-corrected chi connectivity index (χ2v) is 8.25. The molecule has 4 aliphatic rings. The van der Waals surface area contributed by atoms with E-state index in [0.717, 1.165) is 48.8 Å². The number of anilines is 1. The van der Waals surface area contributed by atoms with Gasteiger partial charge in [-0.05, 0) is 51.0 Å². The van der Waals surface area contributed by atoms with Gasteiger partial charge in [-0.25, -0.2) is 9.97 Å². The van der Waals surface area contributed by atoms with Crippen LogP contribution in [-0.2, 0) is 6.42 Å². The van der Waals surface area contributed by atoms with E-state index in [-0.39, 0.29) is 5.91 Å². The molecular formula is C19H27N5O. The van der Waals surface area contributed by atoms with Crippen molar-refractivity contribution >= 4 is 11.7 Å². The first-order valence-corrected chi connectivity index (χ1v) is 9.84. The molecule has 5 heterocycles. The normalized spacial score (nSPS) is 32.0. The van der Waals surface area contributed by atoms with E-state index in [9.17, 15) is 4.79 Å². The molecule has 5 rings (SSSR count). The van der Waals surface area contributed by atoms with Crippen LogP contribution >= 0.6 is 0 Å². The quantitative estimate of drug-likeness (QED) is 0.836. The molecule has 0 aromatic carbocycles. The molecular weight excluding hydrogens is 314 g/mol. The van der Waals surface area contributed by atoms with Gasteiger partial charge in [0.15, 0.2) is 0 Å². The summed E-state index contributed by atoms with van der Waals surface area (Å²) in [5.74, 6) is 3.19. The lowest BCUT2D eigenvalue weighted by Crippen LogP contribution is -2.59. The summed E-state index contributed by atoms with van der Waals surface area (Å²) in [5, 5.41) is 2.92. The maximum Gasteiger partial charge on any atom is 0.270 e. The van der Waals surface area contributed by atoms with E-state index in [0.29, 0.717) is 18.1 Å². The third-order valence-corrected chi connectivity index (χ3v) is 6.54. The number of hydrogen-bond acceptors (Lipinski definition) is 5. The minimum Gasteiger partial charge on any atom is -0.356 e. The highest BCUT2D eigenvalue weighted by Gasteiger charge is 2.42. The molecule has 0 unspecified atom stereocenters. The molecule has 3 atom stereocenters. The van der Waals surface area contributed by atoms with Crippen LogP contribution < -0.4 is 10.2 Å². The zero-order chi connectivity index (χ0) is 17.0. The number of aromatic nitrogens is 2. The number of hydrogen-bond donors (Lipinski definition) is 1. The predicted molar refractivity (Wildman–Crippen MR) is 95.8 cm³/mol. The van der Waals surface area contributed by atoms with Crippen molar-refractivity contribution in [3.8, 4) is 0 Å². The van der Waals surface area contributed by atoms with E-state index in [2.05, 4.69) is 20.1 Å². The third kappa shape index (κ3) is 2.62. The summed E-state index contributed by atoms with van der Waals surface area (Å²) in [6.45, 7) is 7.29. The predicted octanol–water partition coefficient (Wildman–Crippen LogP) is 1.38. The van der Waals surface area contributed by atoms with Crippen molar-refractivity contribution in [3.05, 3.63) is 17.1 Å². The Morgan fingerprint density at radius 2 is 2.08 bits per heavy atom. The van der Waals surface area contributed by atoms with Gasteiger partial charge in [0.05, 0.1) is 0 Å². The summed E-state index contributed by atoms with van der Waals surface area (Å²) < 4.78 is 0. The lowest BCUT2D eigenvalue weighted by atomic mass is 9.76. The molecule has 3 fully saturated rings. The van der Waals surface area contributed by atoms with Crippen LogP contribution in [0.2, 0.25) is 0 Å². The molecule has 1 aromatic heterocycles. The molecule has 0 aliphatic carbocycles. The topological polar surface area (TPSA) is 61.4 Å². The van der Waals surface area contributed by atoms with Gasteiger partial charge >= 0.3 is 0 Å². The first-order chi connectivity index (χ1) is 12.2. The van der Waals surface area contributed by atoms with Gasteiger partial charge in [0.25, 0.3) is 5.91 Å². The Morgan fingerprint density at radius 3 is 3.00 bits per heavy atom. The molecule has 0 spiro atoms. The SMILES string of the molecule is Cc1nc2c(c(N3C[C@@H]4C[C@H](C3)[C@@H]3CCCCN3C4)n1)CCNC2=O. The monoisotopic (exact) mass is 341 g/mol. The van der Waals surface area contributed by atoms with Crippen LogP contribution in [0.1, 0.15) is 47.6 Å². The van der Waals surface area contributed by atoms with Crippen molar-refractivity contribution in [2.45, 2.75) is 45.1 Å². The van der Waals surface area contributed by atoms with Crippen molar-refractivity contribution in [2.75, 3.05) is 37.6 Å². The lowest BCUT2D eigenvalue weighted by molar-refractivity contribution is 0.0184. The Hall–Kier alpha value is -1.69. The second kappa shape index (κ2) is 5.94. The van der Waals surface area contributed by atoms with Crippen LogP contribution in [0.15, 0.2) is 0 Å². The second-order valence-electron chi connectivity index (χ2n) is 8.25. The number of amides is 1. The molecule has 1 aromatic rings. The van der Waals surface area contributed by atoms with Gasteiger partial charge in [0, 0.05) is 37.8 Å². The zero-order valence-corrected chi connectivity index (χ0v) is 15.0. The van der Waals surface area contributed by atoms with Crippen molar-refractivity contribution in [3.63, 3.8) is 0 Å². The average molecular weight is 341 g/mol. The van der Waals surface area contributed by atoms with E-state index in [1.54, 1.807) is 0 Å². The van der Waals surface area contributed by atoms with Crippen molar-refractivity contribution in [1.82, 2.24) is 20.2 Å². The highest BCUT2D eigenvalue weighted by Crippen LogP contribution is 2.39. The van der Waals surface area contributed by atoms with E-state index >= 15 is 0 Å². The van der Waals surface area contributed by atoms with Gasteiger partial charge in [-0.2, -0.15) is 0 Å². The van der Waals surface area contributed by atoms with Gasteiger partial charge in [-0.1, -0.05) is 6.42 Å².